The topological polar surface area (TPSA) is 15.3 Å². The van der Waals surface area contributed by atoms with E-state index >= 15 is 0 Å². The van der Waals surface area contributed by atoms with Crippen molar-refractivity contribution in [2.45, 2.75) is 26.1 Å². The molecule has 108 valence electrons. The lowest BCUT2D eigenvalue weighted by atomic mass is 10.2. The van der Waals surface area contributed by atoms with Gasteiger partial charge >= 0.3 is 0 Å². The summed E-state index contributed by atoms with van der Waals surface area (Å²) in [5.41, 5.74) is 1.35. The molecule has 0 aliphatic rings. The van der Waals surface area contributed by atoms with Gasteiger partial charge in [-0.1, -0.05) is 34.1 Å². The van der Waals surface area contributed by atoms with Crippen molar-refractivity contribution in [3.8, 4) is 0 Å². The molecule has 0 aliphatic heterocycles. The number of nitrogens with one attached hydrogen (secondary N) is 1. The molecule has 0 radical (unpaired) electrons. The lowest BCUT2D eigenvalue weighted by Crippen LogP contribution is -2.37. The number of nitrogens with zero attached hydrogens (tertiary/aromatic N) is 1. The van der Waals surface area contributed by atoms with Gasteiger partial charge in [0, 0.05) is 35.0 Å². The van der Waals surface area contributed by atoms with Gasteiger partial charge in [0.2, 0.25) is 0 Å². The lowest BCUT2D eigenvalue weighted by Gasteiger charge is -2.25. The second-order valence-corrected chi connectivity index (χ2v) is 7.05. The summed E-state index contributed by atoms with van der Waals surface area (Å²) in [4.78, 5) is 3.78. The Bertz CT molecular complexity index is 496. The summed E-state index contributed by atoms with van der Waals surface area (Å²) in [5.74, 6) is 0. The molecule has 0 aliphatic carbocycles. The highest BCUT2D eigenvalue weighted by Gasteiger charge is 2.09. The third kappa shape index (κ3) is 5.02. The first-order valence-corrected chi connectivity index (χ1v) is 8.50. The first-order valence-electron chi connectivity index (χ1n) is 6.83. The molecule has 0 saturated heterocycles. The molecule has 4 heteroatoms. The predicted molar refractivity (Wildman–Crippen MR) is 91.1 cm³/mol. The van der Waals surface area contributed by atoms with Crippen molar-refractivity contribution in [3.05, 3.63) is 56.7 Å². The van der Waals surface area contributed by atoms with Crippen molar-refractivity contribution in [2.75, 3.05) is 13.6 Å². The fourth-order valence-electron chi connectivity index (χ4n) is 2.01. The molecule has 2 nitrogen and oxygen atoms in total. The normalized spacial score (nSPS) is 12.8. The molecule has 0 spiro atoms. The fourth-order valence-corrected chi connectivity index (χ4v) is 2.95. The van der Waals surface area contributed by atoms with Gasteiger partial charge in [0.05, 0.1) is 0 Å². The number of halogens is 1. The van der Waals surface area contributed by atoms with Crippen molar-refractivity contribution >= 4 is 27.3 Å². The molecule has 1 atom stereocenters. The Morgan fingerprint density at radius 3 is 2.65 bits per heavy atom. The molecular weight excluding hydrogens is 332 g/mol. The zero-order chi connectivity index (χ0) is 14.4. The summed E-state index contributed by atoms with van der Waals surface area (Å²) in [5, 5.41) is 5.65. The van der Waals surface area contributed by atoms with Gasteiger partial charge in [-0.15, -0.1) is 11.3 Å². The molecule has 20 heavy (non-hydrogen) atoms. The molecule has 0 saturated carbocycles. The zero-order valence-corrected chi connectivity index (χ0v) is 14.4. The summed E-state index contributed by atoms with van der Waals surface area (Å²) in [6.07, 6.45) is 0. The van der Waals surface area contributed by atoms with Crippen LogP contribution in [0.4, 0.5) is 0 Å². The van der Waals surface area contributed by atoms with Crippen LogP contribution in [-0.4, -0.2) is 24.5 Å². The molecule has 2 aromatic rings. The number of rotatable bonds is 7. The summed E-state index contributed by atoms with van der Waals surface area (Å²) >= 11 is 5.28. The van der Waals surface area contributed by atoms with E-state index in [1.54, 1.807) is 11.3 Å². The molecule has 0 bridgehead atoms. The van der Waals surface area contributed by atoms with Crippen LogP contribution in [0.3, 0.4) is 0 Å². The van der Waals surface area contributed by atoms with Crippen LogP contribution < -0.4 is 5.32 Å². The Labute approximate surface area is 133 Å². The second-order valence-electron chi connectivity index (χ2n) is 5.10. The molecule has 1 aromatic carbocycles. The third-order valence-electron chi connectivity index (χ3n) is 3.42. The van der Waals surface area contributed by atoms with Crippen LogP contribution in [-0.2, 0) is 13.1 Å². The first-order chi connectivity index (χ1) is 9.65. The van der Waals surface area contributed by atoms with E-state index < -0.39 is 0 Å². The minimum Gasteiger partial charge on any atom is -0.310 e. The van der Waals surface area contributed by atoms with E-state index in [-0.39, 0.29) is 0 Å². The van der Waals surface area contributed by atoms with Crippen LogP contribution in [0.1, 0.15) is 17.4 Å². The van der Waals surface area contributed by atoms with Crippen molar-refractivity contribution in [3.63, 3.8) is 0 Å². The van der Waals surface area contributed by atoms with E-state index in [1.165, 1.54) is 10.4 Å². The minimum atomic E-state index is 0.513. The molecule has 1 heterocycles. The molecule has 1 unspecified atom stereocenters. The standard InChI is InChI=1S/C16H21BrN2S/c1-13(10-18-11-16-4-3-9-20-16)19(2)12-14-5-7-15(17)8-6-14/h3-9,13,18H,10-12H2,1-2H3. The Balaban J connectivity index is 1.73. The Kier molecular flexibility index (Phi) is 6.23. The summed E-state index contributed by atoms with van der Waals surface area (Å²) in [6.45, 7) is 5.22. The summed E-state index contributed by atoms with van der Waals surface area (Å²) in [6, 6.07) is 13.3. The van der Waals surface area contributed by atoms with Crippen molar-refractivity contribution in [2.24, 2.45) is 0 Å². The fraction of sp³-hybridized carbons (Fsp3) is 0.375. The maximum Gasteiger partial charge on any atom is 0.0300 e. The van der Waals surface area contributed by atoms with Gasteiger partial charge in [-0.3, -0.25) is 4.90 Å². The zero-order valence-electron chi connectivity index (χ0n) is 12.0. The van der Waals surface area contributed by atoms with Crippen LogP contribution in [0.5, 0.6) is 0 Å². The van der Waals surface area contributed by atoms with E-state index in [4.69, 9.17) is 0 Å². The van der Waals surface area contributed by atoms with Gasteiger partial charge in [0.25, 0.3) is 0 Å². The third-order valence-corrected chi connectivity index (χ3v) is 4.82. The molecular formula is C16H21BrN2S. The lowest BCUT2D eigenvalue weighted by molar-refractivity contribution is 0.242. The van der Waals surface area contributed by atoms with Crippen molar-refractivity contribution in [1.82, 2.24) is 10.2 Å². The Hall–Kier alpha value is -0.680. The molecule has 0 amide bonds. The second kappa shape index (κ2) is 7.93. The number of thiophene rings is 1. The summed E-state index contributed by atoms with van der Waals surface area (Å²) in [7, 11) is 2.18. The summed E-state index contributed by atoms with van der Waals surface area (Å²) < 4.78 is 1.13. The van der Waals surface area contributed by atoms with E-state index in [1.807, 2.05) is 0 Å². The minimum absolute atomic E-state index is 0.513. The number of hydrogen-bond donors (Lipinski definition) is 1. The van der Waals surface area contributed by atoms with Gasteiger partial charge < -0.3 is 5.32 Å². The van der Waals surface area contributed by atoms with Gasteiger partial charge in [-0.05, 0) is 43.1 Å². The highest BCUT2D eigenvalue weighted by atomic mass is 79.9. The number of benzene rings is 1. The van der Waals surface area contributed by atoms with Crippen LogP contribution in [0.25, 0.3) is 0 Å². The molecule has 2 rings (SSSR count). The van der Waals surface area contributed by atoms with Crippen molar-refractivity contribution in [1.29, 1.82) is 0 Å². The average molecular weight is 353 g/mol. The number of likely N-dealkylation sites (N-methyl/N-ethyl adjacent to an activating group) is 1. The van der Waals surface area contributed by atoms with Crippen LogP contribution >= 0.6 is 27.3 Å². The molecule has 1 N–H and O–H groups in total. The van der Waals surface area contributed by atoms with E-state index in [0.717, 1.165) is 24.1 Å². The average Bonchev–Trinajstić information content (AvgIpc) is 2.94. The van der Waals surface area contributed by atoms with Crippen LogP contribution in [0.15, 0.2) is 46.3 Å². The van der Waals surface area contributed by atoms with Crippen LogP contribution in [0.2, 0.25) is 0 Å². The van der Waals surface area contributed by atoms with Gasteiger partial charge in [-0.2, -0.15) is 0 Å². The van der Waals surface area contributed by atoms with Gasteiger partial charge in [-0.25, -0.2) is 0 Å². The first kappa shape index (κ1) is 15.7. The smallest absolute Gasteiger partial charge is 0.0300 e. The quantitative estimate of drug-likeness (QED) is 0.806. The largest absolute Gasteiger partial charge is 0.310 e. The van der Waals surface area contributed by atoms with E-state index in [2.05, 4.69) is 81.9 Å². The number of hydrogen-bond acceptors (Lipinski definition) is 3. The highest BCUT2D eigenvalue weighted by molar-refractivity contribution is 9.10. The molecule has 0 fully saturated rings. The highest BCUT2D eigenvalue weighted by Crippen LogP contribution is 2.13. The maximum atomic E-state index is 3.52. The maximum absolute atomic E-state index is 3.52. The molecule has 1 aromatic heterocycles. The van der Waals surface area contributed by atoms with Gasteiger partial charge in [0.15, 0.2) is 0 Å². The van der Waals surface area contributed by atoms with Crippen LogP contribution in [0, 0.1) is 0 Å². The SMILES string of the molecule is CC(CNCc1cccs1)N(C)Cc1ccc(Br)cc1. The van der Waals surface area contributed by atoms with Gasteiger partial charge in [0.1, 0.15) is 0 Å². The Morgan fingerprint density at radius 1 is 1.25 bits per heavy atom. The Morgan fingerprint density at radius 2 is 2.00 bits per heavy atom. The monoisotopic (exact) mass is 352 g/mol. The van der Waals surface area contributed by atoms with E-state index in [0.29, 0.717) is 6.04 Å². The van der Waals surface area contributed by atoms with Crippen molar-refractivity contribution < 1.29 is 0 Å². The predicted octanol–water partition coefficient (Wildman–Crippen LogP) is 4.12. The van der Waals surface area contributed by atoms with E-state index in [9.17, 15) is 0 Å².